The molecule has 5 unspecified atom stereocenters. The molecule has 39 heavy (non-hydrogen) atoms. The number of nitrogens with two attached hydrogens (primary N) is 1. The van der Waals surface area contributed by atoms with Gasteiger partial charge in [-0.1, -0.05) is 54.0 Å². The molecule has 2 amide bonds. The fraction of sp³-hybridized carbons (Fsp3) is 0.848. The Labute approximate surface area is 235 Å². The smallest absolute Gasteiger partial charge is 0.223 e. The largest absolute Gasteiger partial charge is 0.373 e. The third-order valence-electron chi connectivity index (χ3n) is 14.0. The molecule has 0 bridgehead atoms. The number of carbonyl (C=O) groups is 3. The van der Waals surface area contributed by atoms with Crippen LogP contribution in [0.5, 0.6) is 0 Å². The van der Waals surface area contributed by atoms with E-state index in [-0.39, 0.29) is 68.3 Å². The van der Waals surface area contributed by atoms with E-state index >= 15 is 0 Å². The van der Waals surface area contributed by atoms with Crippen LogP contribution in [0.2, 0.25) is 0 Å². The number of rotatable bonds is 3. The zero-order valence-corrected chi connectivity index (χ0v) is 25.6. The van der Waals surface area contributed by atoms with Gasteiger partial charge in [-0.25, -0.2) is 0 Å². The van der Waals surface area contributed by atoms with Crippen LogP contribution in [0.1, 0.15) is 113 Å². The molecule has 218 valence electrons. The molecular weight excluding hydrogens is 488 g/mol. The first-order valence-corrected chi connectivity index (χ1v) is 15.4. The van der Waals surface area contributed by atoms with Crippen molar-refractivity contribution < 1.29 is 19.5 Å². The molecule has 0 heterocycles. The molecule has 5 aliphatic carbocycles. The van der Waals surface area contributed by atoms with Gasteiger partial charge in [0.15, 0.2) is 5.78 Å². The summed E-state index contributed by atoms with van der Waals surface area (Å²) in [6.07, 6.45) is 9.55. The van der Waals surface area contributed by atoms with Crippen molar-refractivity contribution in [2.45, 2.75) is 119 Å². The van der Waals surface area contributed by atoms with Gasteiger partial charge in [-0.15, -0.1) is 0 Å². The molecule has 6 nitrogen and oxygen atoms in total. The molecule has 0 aliphatic heterocycles. The normalized spacial score (nSPS) is 49.4. The van der Waals surface area contributed by atoms with Crippen molar-refractivity contribution in [3.8, 4) is 0 Å². The minimum absolute atomic E-state index is 0.0479. The molecular formula is C33H52N2O4. The number of aliphatic hydroxyl groups excluding tert-OH is 1. The van der Waals surface area contributed by atoms with Crippen LogP contribution in [-0.4, -0.2) is 28.9 Å². The van der Waals surface area contributed by atoms with Crippen molar-refractivity contribution in [1.29, 1.82) is 0 Å². The Bertz CT molecular complexity index is 1130. The summed E-state index contributed by atoms with van der Waals surface area (Å²) >= 11 is 0. The first-order chi connectivity index (χ1) is 17.9. The van der Waals surface area contributed by atoms with Crippen LogP contribution in [-0.2, 0) is 14.4 Å². The maximum absolute atomic E-state index is 14.5. The lowest BCUT2D eigenvalue weighted by atomic mass is 9.33. The summed E-state index contributed by atoms with van der Waals surface area (Å²) in [5.41, 5.74) is 6.14. The van der Waals surface area contributed by atoms with Gasteiger partial charge >= 0.3 is 0 Å². The molecule has 0 aromatic rings. The molecule has 0 aromatic heterocycles. The van der Waals surface area contributed by atoms with E-state index in [2.05, 4.69) is 46.9 Å². The van der Waals surface area contributed by atoms with E-state index in [9.17, 15) is 19.5 Å². The van der Waals surface area contributed by atoms with E-state index in [4.69, 9.17) is 5.73 Å². The summed E-state index contributed by atoms with van der Waals surface area (Å²) in [6.45, 7) is 17.5. The van der Waals surface area contributed by atoms with Crippen molar-refractivity contribution in [2.24, 2.45) is 61.9 Å². The van der Waals surface area contributed by atoms with Gasteiger partial charge in [-0.2, -0.15) is 0 Å². The van der Waals surface area contributed by atoms with E-state index < -0.39 is 11.6 Å². The summed E-state index contributed by atoms with van der Waals surface area (Å²) in [4.78, 5) is 38.7. The molecule has 0 spiro atoms. The highest BCUT2D eigenvalue weighted by Gasteiger charge is 2.70. The van der Waals surface area contributed by atoms with Gasteiger partial charge in [0.25, 0.3) is 0 Å². The topological polar surface area (TPSA) is 109 Å². The quantitative estimate of drug-likeness (QED) is 0.409. The minimum atomic E-state index is -0.872. The van der Waals surface area contributed by atoms with Crippen LogP contribution < -0.4 is 11.1 Å². The number of hydrogen-bond acceptors (Lipinski definition) is 4. The standard InChI is InChI=1S/C33H52N2O4/c1-19(36)35-26(38)20-9-11-31(6)24(28(20,2)3)10-12-33(8)25(31)23(37)17-21-22-18-30(5,27(34)39)14-13-29(22,4)15-16-32(21,33)7/h17,20,22,24-26,38H,9-16,18H2,1-8H3,(H2,34,39)(H,35,36)/t20?,22-,24?,25?,26?,29-,30?,31+,32-,33-/m1/s1. The Morgan fingerprint density at radius 2 is 1.62 bits per heavy atom. The Morgan fingerprint density at radius 1 is 0.974 bits per heavy atom. The zero-order chi connectivity index (χ0) is 29.0. The van der Waals surface area contributed by atoms with Crippen molar-refractivity contribution >= 4 is 17.6 Å². The van der Waals surface area contributed by atoms with Crippen LogP contribution >= 0.6 is 0 Å². The van der Waals surface area contributed by atoms with Crippen LogP contribution in [0.25, 0.3) is 0 Å². The lowest BCUT2D eigenvalue weighted by Crippen LogP contribution is -2.67. The van der Waals surface area contributed by atoms with E-state index in [1.54, 1.807) is 0 Å². The van der Waals surface area contributed by atoms with E-state index in [1.165, 1.54) is 12.5 Å². The van der Waals surface area contributed by atoms with Crippen LogP contribution in [0.15, 0.2) is 11.6 Å². The number of primary amides is 1. The molecule has 5 aliphatic rings. The van der Waals surface area contributed by atoms with Gasteiger partial charge in [-0.05, 0) is 103 Å². The highest BCUT2D eigenvalue weighted by atomic mass is 16.3. The number of amides is 2. The van der Waals surface area contributed by atoms with Gasteiger partial charge in [0.1, 0.15) is 6.23 Å². The predicted octanol–water partition coefficient (Wildman–Crippen LogP) is 5.52. The Morgan fingerprint density at radius 3 is 2.23 bits per heavy atom. The molecule has 4 N–H and O–H groups in total. The first kappa shape index (κ1) is 28.8. The summed E-state index contributed by atoms with van der Waals surface area (Å²) in [5.74, 6) is 0.195. The average molecular weight is 541 g/mol. The van der Waals surface area contributed by atoms with Gasteiger partial charge in [0.05, 0.1) is 0 Å². The molecule has 0 saturated heterocycles. The molecule has 0 radical (unpaired) electrons. The average Bonchev–Trinajstić information content (AvgIpc) is 2.80. The molecule has 6 heteroatoms. The number of fused-ring (bicyclic) bond motifs is 7. The second kappa shape index (κ2) is 8.66. The second-order valence-corrected chi connectivity index (χ2v) is 16.2. The van der Waals surface area contributed by atoms with Crippen molar-refractivity contribution in [2.75, 3.05) is 0 Å². The van der Waals surface area contributed by atoms with E-state index in [0.29, 0.717) is 0 Å². The van der Waals surface area contributed by atoms with Crippen LogP contribution in [0, 0.1) is 56.2 Å². The summed E-state index contributed by atoms with van der Waals surface area (Å²) in [6, 6.07) is 0. The fourth-order valence-corrected chi connectivity index (χ4v) is 11.3. The van der Waals surface area contributed by atoms with Crippen LogP contribution in [0.4, 0.5) is 0 Å². The van der Waals surface area contributed by atoms with E-state index in [0.717, 1.165) is 57.8 Å². The maximum atomic E-state index is 14.5. The van der Waals surface area contributed by atoms with Gasteiger partial charge in [-0.3, -0.25) is 14.4 Å². The zero-order valence-electron chi connectivity index (χ0n) is 25.6. The highest BCUT2D eigenvalue weighted by Crippen LogP contribution is 2.75. The number of carbonyl (C=O) groups excluding carboxylic acids is 3. The predicted molar refractivity (Wildman–Crippen MR) is 152 cm³/mol. The second-order valence-electron chi connectivity index (χ2n) is 16.2. The fourth-order valence-electron chi connectivity index (χ4n) is 11.3. The SMILES string of the molecule is CC(=O)NC(O)C1CC[C@@]2(C)C(CC[C@]3(C)C2C(=O)C=C2[C@H]4CC(C)(C(N)=O)CC[C@]4(C)CC[C@]23C)C1(C)C. The van der Waals surface area contributed by atoms with Crippen LogP contribution in [0.3, 0.4) is 0 Å². The van der Waals surface area contributed by atoms with Crippen molar-refractivity contribution in [3.05, 3.63) is 11.6 Å². The van der Waals surface area contributed by atoms with Gasteiger partial charge in [0.2, 0.25) is 11.8 Å². The Kier molecular flexibility index (Phi) is 6.40. The van der Waals surface area contributed by atoms with Crippen molar-refractivity contribution in [1.82, 2.24) is 5.32 Å². The van der Waals surface area contributed by atoms with E-state index in [1.807, 2.05) is 13.0 Å². The number of hydrogen-bond donors (Lipinski definition) is 3. The lowest BCUT2D eigenvalue weighted by Gasteiger charge is -2.71. The summed E-state index contributed by atoms with van der Waals surface area (Å²) in [7, 11) is 0. The van der Waals surface area contributed by atoms with Crippen molar-refractivity contribution in [3.63, 3.8) is 0 Å². The number of nitrogens with one attached hydrogen (secondary N) is 1. The summed E-state index contributed by atoms with van der Waals surface area (Å²) < 4.78 is 0. The molecule has 5 rings (SSSR count). The Balaban J connectivity index is 1.55. The highest BCUT2D eigenvalue weighted by molar-refractivity contribution is 5.95. The minimum Gasteiger partial charge on any atom is -0.373 e. The summed E-state index contributed by atoms with van der Waals surface area (Å²) in [5, 5.41) is 13.7. The third-order valence-corrected chi connectivity index (χ3v) is 14.0. The van der Waals surface area contributed by atoms with Gasteiger partial charge < -0.3 is 16.2 Å². The monoisotopic (exact) mass is 540 g/mol. The number of allylic oxidation sites excluding steroid dienone is 2. The molecule has 0 aromatic carbocycles. The third kappa shape index (κ3) is 3.78. The number of aliphatic hydroxyl groups is 1. The molecule has 10 atom stereocenters. The Hall–Kier alpha value is -1.69. The maximum Gasteiger partial charge on any atom is 0.223 e. The molecule has 4 saturated carbocycles. The lowest BCUT2D eigenvalue weighted by molar-refractivity contribution is -0.202. The first-order valence-electron chi connectivity index (χ1n) is 15.4. The van der Waals surface area contributed by atoms with Gasteiger partial charge in [0, 0.05) is 24.2 Å². The number of ketones is 1. The molecule has 4 fully saturated rings.